The van der Waals surface area contributed by atoms with Gasteiger partial charge in [-0.3, -0.25) is 0 Å². The van der Waals surface area contributed by atoms with E-state index in [9.17, 15) is 0 Å². The number of nitrogens with zero attached hydrogens (tertiary/aromatic N) is 3. The molecule has 0 bridgehead atoms. The average Bonchev–Trinajstić information content (AvgIpc) is 2.36. The lowest BCUT2D eigenvalue weighted by Crippen LogP contribution is -2.00. The van der Waals surface area contributed by atoms with Gasteiger partial charge in [0.1, 0.15) is 12.7 Å². The maximum absolute atomic E-state index is 5.37. The highest BCUT2D eigenvalue weighted by Crippen LogP contribution is 2.04. The second kappa shape index (κ2) is 7.00. The minimum Gasteiger partial charge on any atom is -0.399 e. The van der Waals surface area contributed by atoms with Crippen LogP contribution in [0.3, 0.4) is 0 Å². The monoisotopic (exact) mass is 232 g/mol. The normalized spacial score (nSPS) is 9.00. The molecule has 2 aromatic rings. The van der Waals surface area contributed by atoms with Crippen LogP contribution in [0.2, 0.25) is 0 Å². The molecule has 5 N–H and O–H groups in total. The Morgan fingerprint density at radius 2 is 1.47 bits per heavy atom. The van der Waals surface area contributed by atoms with E-state index < -0.39 is 0 Å². The lowest BCUT2D eigenvalue weighted by Gasteiger charge is -1.95. The standard InChI is InChI=1S/C6H8N2.C5H8N4/c7-5-1-2-6(8)4-3-5;1-2-7-5-8-3-6-4-9-5/h1-4H,7-8H2;3-4H,2H2,1H3,(H,6,7,8,9). The number of nitrogens with two attached hydrogens (primary N) is 2. The number of hydrogen-bond donors (Lipinski definition) is 3. The number of nitrogens with one attached hydrogen (secondary N) is 1. The van der Waals surface area contributed by atoms with Crippen molar-refractivity contribution in [2.45, 2.75) is 6.92 Å². The van der Waals surface area contributed by atoms with Crippen molar-refractivity contribution in [2.75, 3.05) is 23.3 Å². The third-order valence-electron chi connectivity index (χ3n) is 1.76. The molecule has 1 aromatic heterocycles. The van der Waals surface area contributed by atoms with Gasteiger partial charge in [0.05, 0.1) is 0 Å². The number of rotatable bonds is 2. The van der Waals surface area contributed by atoms with Gasteiger partial charge in [-0.2, -0.15) is 0 Å². The number of nitrogen functional groups attached to an aromatic ring is 2. The van der Waals surface area contributed by atoms with E-state index in [1.807, 2.05) is 6.92 Å². The van der Waals surface area contributed by atoms with Gasteiger partial charge >= 0.3 is 0 Å². The lowest BCUT2D eigenvalue weighted by molar-refractivity contribution is 1.02. The van der Waals surface area contributed by atoms with Gasteiger partial charge in [-0.15, -0.1) is 0 Å². The molecule has 0 aliphatic heterocycles. The van der Waals surface area contributed by atoms with Crippen molar-refractivity contribution in [1.29, 1.82) is 0 Å². The van der Waals surface area contributed by atoms with Crippen LogP contribution in [0.25, 0.3) is 0 Å². The first-order valence-corrected chi connectivity index (χ1v) is 5.19. The Balaban J connectivity index is 0.000000171. The molecule has 1 heterocycles. The van der Waals surface area contributed by atoms with Gasteiger partial charge in [0.25, 0.3) is 0 Å². The Morgan fingerprint density at radius 1 is 1.00 bits per heavy atom. The molecule has 90 valence electrons. The Morgan fingerprint density at radius 3 is 1.88 bits per heavy atom. The van der Waals surface area contributed by atoms with Gasteiger partial charge < -0.3 is 16.8 Å². The summed E-state index contributed by atoms with van der Waals surface area (Å²) in [6.45, 7) is 2.83. The van der Waals surface area contributed by atoms with Crippen LogP contribution in [0.15, 0.2) is 36.9 Å². The molecular formula is C11H16N6. The third-order valence-corrected chi connectivity index (χ3v) is 1.76. The number of aromatic nitrogens is 3. The Labute approximate surface area is 100 Å². The quantitative estimate of drug-likeness (QED) is 0.671. The minimum atomic E-state index is 0.632. The molecule has 0 aliphatic carbocycles. The molecule has 0 spiro atoms. The highest BCUT2D eigenvalue weighted by atomic mass is 15.1. The molecule has 6 heteroatoms. The topological polar surface area (TPSA) is 103 Å². The van der Waals surface area contributed by atoms with Crippen LogP contribution in [0, 0.1) is 0 Å². The molecule has 6 nitrogen and oxygen atoms in total. The molecule has 0 amide bonds. The largest absolute Gasteiger partial charge is 0.399 e. The predicted molar refractivity (Wildman–Crippen MR) is 69.3 cm³/mol. The average molecular weight is 232 g/mol. The summed E-state index contributed by atoms with van der Waals surface area (Å²) in [5, 5.41) is 2.95. The van der Waals surface area contributed by atoms with Crippen LogP contribution in [0.4, 0.5) is 17.3 Å². The Bertz CT molecular complexity index is 393. The van der Waals surface area contributed by atoms with E-state index in [0.29, 0.717) is 5.95 Å². The first-order chi connectivity index (χ1) is 8.22. The summed E-state index contributed by atoms with van der Waals surface area (Å²) < 4.78 is 0. The van der Waals surface area contributed by atoms with Crippen LogP contribution in [-0.4, -0.2) is 21.5 Å². The summed E-state index contributed by atoms with van der Waals surface area (Å²) in [6, 6.07) is 7.09. The van der Waals surface area contributed by atoms with Crippen molar-refractivity contribution in [3.05, 3.63) is 36.9 Å². The molecule has 1 aromatic carbocycles. The SMILES string of the molecule is CCNc1ncncn1.Nc1ccc(N)cc1. The molecule has 0 atom stereocenters. The van der Waals surface area contributed by atoms with Gasteiger partial charge in [0, 0.05) is 17.9 Å². The second-order valence-corrected chi connectivity index (χ2v) is 3.16. The van der Waals surface area contributed by atoms with Crippen LogP contribution in [0.1, 0.15) is 6.92 Å². The fraction of sp³-hybridized carbons (Fsp3) is 0.182. The van der Waals surface area contributed by atoms with Gasteiger partial charge in [0.2, 0.25) is 5.95 Å². The summed E-state index contributed by atoms with van der Waals surface area (Å²) in [4.78, 5) is 11.3. The zero-order valence-corrected chi connectivity index (χ0v) is 9.67. The summed E-state index contributed by atoms with van der Waals surface area (Å²) in [5.74, 6) is 0.632. The van der Waals surface area contributed by atoms with Crippen molar-refractivity contribution in [2.24, 2.45) is 0 Å². The summed E-state index contributed by atoms with van der Waals surface area (Å²) in [7, 11) is 0. The first kappa shape index (κ1) is 12.7. The van der Waals surface area contributed by atoms with E-state index in [0.717, 1.165) is 17.9 Å². The van der Waals surface area contributed by atoms with Crippen molar-refractivity contribution in [1.82, 2.24) is 15.0 Å². The lowest BCUT2D eigenvalue weighted by atomic mass is 10.3. The van der Waals surface area contributed by atoms with Gasteiger partial charge in [-0.1, -0.05) is 0 Å². The van der Waals surface area contributed by atoms with Crippen LogP contribution in [0.5, 0.6) is 0 Å². The molecule has 0 saturated carbocycles. The first-order valence-electron chi connectivity index (χ1n) is 5.19. The van der Waals surface area contributed by atoms with Crippen LogP contribution < -0.4 is 16.8 Å². The van der Waals surface area contributed by atoms with Gasteiger partial charge in [0.15, 0.2) is 0 Å². The fourth-order valence-electron chi connectivity index (χ4n) is 0.985. The molecule has 2 rings (SSSR count). The summed E-state index contributed by atoms with van der Waals surface area (Å²) in [5.41, 5.74) is 12.2. The van der Waals surface area contributed by atoms with Crippen LogP contribution >= 0.6 is 0 Å². The predicted octanol–water partition coefficient (Wildman–Crippen LogP) is 1.15. The van der Waals surface area contributed by atoms with Gasteiger partial charge in [-0.05, 0) is 31.2 Å². The molecular weight excluding hydrogens is 216 g/mol. The van der Waals surface area contributed by atoms with E-state index in [2.05, 4.69) is 20.3 Å². The maximum Gasteiger partial charge on any atom is 0.225 e. The van der Waals surface area contributed by atoms with Crippen LogP contribution in [-0.2, 0) is 0 Å². The van der Waals surface area contributed by atoms with E-state index >= 15 is 0 Å². The molecule has 17 heavy (non-hydrogen) atoms. The molecule has 0 unspecified atom stereocenters. The minimum absolute atomic E-state index is 0.632. The van der Waals surface area contributed by atoms with Gasteiger partial charge in [-0.25, -0.2) is 15.0 Å². The van der Waals surface area contributed by atoms with E-state index in [4.69, 9.17) is 11.5 Å². The molecule has 0 fully saturated rings. The highest BCUT2D eigenvalue weighted by molar-refractivity contribution is 5.47. The van der Waals surface area contributed by atoms with Crippen molar-refractivity contribution in [3.63, 3.8) is 0 Å². The maximum atomic E-state index is 5.37. The van der Waals surface area contributed by atoms with E-state index in [1.54, 1.807) is 24.3 Å². The smallest absolute Gasteiger partial charge is 0.225 e. The molecule has 0 radical (unpaired) electrons. The van der Waals surface area contributed by atoms with Crippen molar-refractivity contribution in [3.8, 4) is 0 Å². The zero-order chi connectivity index (χ0) is 12.5. The zero-order valence-electron chi connectivity index (χ0n) is 9.67. The second-order valence-electron chi connectivity index (χ2n) is 3.16. The summed E-state index contributed by atoms with van der Waals surface area (Å²) in [6.07, 6.45) is 2.93. The highest BCUT2D eigenvalue weighted by Gasteiger charge is 1.85. The Hall–Kier alpha value is -2.37. The van der Waals surface area contributed by atoms with Crippen molar-refractivity contribution >= 4 is 17.3 Å². The fourth-order valence-corrected chi connectivity index (χ4v) is 0.985. The van der Waals surface area contributed by atoms with Crippen molar-refractivity contribution < 1.29 is 0 Å². The van der Waals surface area contributed by atoms with E-state index in [-0.39, 0.29) is 0 Å². The number of benzene rings is 1. The van der Waals surface area contributed by atoms with E-state index in [1.165, 1.54) is 12.7 Å². The summed E-state index contributed by atoms with van der Waals surface area (Å²) >= 11 is 0. The molecule has 0 saturated heterocycles. The Kier molecular flexibility index (Phi) is 5.23. The number of hydrogen-bond acceptors (Lipinski definition) is 6. The third kappa shape index (κ3) is 5.31. The molecule has 0 aliphatic rings. The number of anilines is 3.